The Hall–Kier alpha value is -0.820. The Morgan fingerprint density at radius 1 is 1.53 bits per heavy atom. The van der Waals surface area contributed by atoms with Crippen molar-refractivity contribution in [2.24, 2.45) is 5.73 Å². The fourth-order valence-electron chi connectivity index (χ4n) is 2.70. The molecule has 1 heterocycles. The summed E-state index contributed by atoms with van der Waals surface area (Å²) in [6, 6.07) is 5.33. The summed E-state index contributed by atoms with van der Waals surface area (Å²) >= 11 is 2.14. The number of aromatic hydroxyl groups is 1. The van der Waals surface area contributed by atoms with Gasteiger partial charge in [-0.15, -0.1) is 0 Å². The normalized spacial score (nSPS) is 23.4. The molecule has 0 aromatic heterocycles. The van der Waals surface area contributed by atoms with Crippen molar-refractivity contribution in [1.82, 2.24) is 4.90 Å². The van der Waals surface area contributed by atoms with E-state index in [9.17, 15) is 9.90 Å². The fraction of sp³-hybridized carbons (Fsp3) is 0.500. The number of likely N-dealkylation sites (tertiary alicyclic amines) is 1. The summed E-state index contributed by atoms with van der Waals surface area (Å²) in [6.45, 7) is 2.52. The second-order valence-corrected chi connectivity index (χ2v) is 6.29. The van der Waals surface area contributed by atoms with Gasteiger partial charge in [0.2, 0.25) is 0 Å². The molecule has 0 radical (unpaired) electrons. The molecule has 2 unspecified atom stereocenters. The second kappa shape index (κ2) is 6.09. The number of rotatable bonds is 2. The molecule has 0 aliphatic carbocycles. The molecule has 1 aromatic rings. The highest BCUT2D eigenvalue weighted by Crippen LogP contribution is 2.28. The summed E-state index contributed by atoms with van der Waals surface area (Å²) in [6.07, 6.45) is 3.04. The average Bonchev–Trinajstić information content (AvgIpc) is 2.40. The first kappa shape index (κ1) is 14.6. The van der Waals surface area contributed by atoms with E-state index in [-0.39, 0.29) is 23.7 Å². The van der Waals surface area contributed by atoms with E-state index in [0.29, 0.717) is 12.1 Å². The number of halogens is 1. The predicted molar refractivity (Wildman–Crippen MR) is 83.1 cm³/mol. The molecule has 1 fully saturated rings. The van der Waals surface area contributed by atoms with E-state index in [2.05, 4.69) is 22.6 Å². The van der Waals surface area contributed by atoms with Gasteiger partial charge in [-0.3, -0.25) is 4.79 Å². The zero-order valence-corrected chi connectivity index (χ0v) is 13.1. The van der Waals surface area contributed by atoms with E-state index in [1.165, 1.54) is 0 Å². The molecule has 5 heteroatoms. The van der Waals surface area contributed by atoms with Crippen molar-refractivity contribution < 1.29 is 9.90 Å². The summed E-state index contributed by atoms with van der Waals surface area (Å²) in [4.78, 5) is 14.5. The zero-order chi connectivity index (χ0) is 14.0. The minimum Gasteiger partial charge on any atom is -0.507 e. The average molecular weight is 374 g/mol. The quantitative estimate of drug-likeness (QED) is 0.781. The maximum Gasteiger partial charge on any atom is 0.258 e. The van der Waals surface area contributed by atoms with E-state index in [1.54, 1.807) is 18.2 Å². The molecule has 2 rings (SSSR count). The Bertz CT molecular complexity index is 479. The van der Waals surface area contributed by atoms with Crippen molar-refractivity contribution in [3.63, 3.8) is 0 Å². The smallest absolute Gasteiger partial charge is 0.258 e. The molecule has 1 aliphatic rings. The van der Waals surface area contributed by atoms with Crippen molar-refractivity contribution in [3.8, 4) is 5.75 Å². The third-order valence-electron chi connectivity index (χ3n) is 3.72. The number of carbonyl (C=O) groups excluding carboxylic acids is 1. The Morgan fingerprint density at radius 3 is 2.95 bits per heavy atom. The third kappa shape index (κ3) is 3.02. The van der Waals surface area contributed by atoms with Crippen molar-refractivity contribution in [2.45, 2.75) is 38.3 Å². The molecule has 0 spiro atoms. The molecule has 3 N–H and O–H groups in total. The van der Waals surface area contributed by atoms with Gasteiger partial charge in [-0.1, -0.05) is 0 Å². The molecule has 19 heavy (non-hydrogen) atoms. The van der Waals surface area contributed by atoms with Crippen molar-refractivity contribution in [1.29, 1.82) is 0 Å². The van der Waals surface area contributed by atoms with Gasteiger partial charge in [-0.25, -0.2) is 0 Å². The van der Waals surface area contributed by atoms with Crippen LogP contribution < -0.4 is 5.73 Å². The van der Waals surface area contributed by atoms with Crippen molar-refractivity contribution in [3.05, 3.63) is 27.3 Å². The third-order valence-corrected chi connectivity index (χ3v) is 4.39. The molecule has 0 bridgehead atoms. The molecule has 2 atom stereocenters. The minimum absolute atomic E-state index is 0.0407. The van der Waals surface area contributed by atoms with Crippen LogP contribution in [0.25, 0.3) is 0 Å². The lowest BCUT2D eigenvalue weighted by Gasteiger charge is -2.40. The molecular formula is C14H19IN2O2. The highest BCUT2D eigenvalue weighted by molar-refractivity contribution is 14.1. The van der Waals surface area contributed by atoms with Crippen LogP contribution in [0.4, 0.5) is 0 Å². The van der Waals surface area contributed by atoms with E-state index in [4.69, 9.17) is 5.73 Å². The lowest BCUT2D eigenvalue weighted by atomic mass is 9.95. The SMILES string of the molecule is CC1CCCC(CN)N1C(=O)c1cc(I)ccc1O. The molecule has 1 amide bonds. The van der Waals surface area contributed by atoms with Gasteiger partial charge < -0.3 is 15.7 Å². The number of carbonyl (C=O) groups is 1. The standard InChI is InChI=1S/C14H19IN2O2/c1-9-3-2-4-11(8-16)17(9)14(19)12-7-10(15)5-6-13(12)18/h5-7,9,11,18H,2-4,8,16H2,1H3. The fourth-order valence-corrected chi connectivity index (χ4v) is 3.19. The van der Waals surface area contributed by atoms with E-state index in [1.807, 2.05) is 11.8 Å². The maximum atomic E-state index is 12.7. The van der Waals surface area contributed by atoms with Crippen LogP contribution in [0.5, 0.6) is 5.75 Å². The maximum absolute atomic E-state index is 12.7. The monoisotopic (exact) mass is 374 g/mol. The number of piperidine rings is 1. The van der Waals surface area contributed by atoms with E-state index in [0.717, 1.165) is 22.8 Å². The first-order valence-electron chi connectivity index (χ1n) is 6.56. The molecule has 1 aliphatic heterocycles. The Kier molecular flexibility index (Phi) is 4.67. The Labute approximate surface area is 127 Å². The van der Waals surface area contributed by atoms with Crippen LogP contribution in [0.15, 0.2) is 18.2 Å². The summed E-state index contributed by atoms with van der Waals surface area (Å²) < 4.78 is 0.938. The van der Waals surface area contributed by atoms with Gasteiger partial charge in [-0.2, -0.15) is 0 Å². The van der Waals surface area contributed by atoms with Crippen LogP contribution in [0.2, 0.25) is 0 Å². The molecular weight excluding hydrogens is 355 g/mol. The molecule has 1 aromatic carbocycles. The number of benzene rings is 1. The lowest BCUT2D eigenvalue weighted by Crippen LogP contribution is -2.51. The van der Waals surface area contributed by atoms with Crippen LogP contribution in [0.1, 0.15) is 36.5 Å². The van der Waals surface area contributed by atoms with Crippen LogP contribution >= 0.6 is 22.6 Å². The predicted octanol–water partition coefficient (Wildman–Crippen LogP) is 2.34. The topological polar surface area (TPSA) is 66.6 Å². The first-order valence-corrected chi connectivity index (χ1v) is 7.63. The summed E-state index contributed by atoms with van der Waals surface area (Å²) in [5.41, 5.74) is 6.16. The van der Waals surface area contributed by atoms with Crippen LogP contribution in [-0.4, -0.2) is 34.5 Å². The Balaban J connectivity index is 2.33. The largest absolute Gasteiger partial charge is 0.507 e. The van der Waals surface area contributed by atoms with Gasteiger partial charge >= 0.3 is 0 Å². The summed E-state index contributed by atoms with van der Waals surface area (Å²) in [5.74, 6) is -0.0716. The molecule has 1 saturated heterocycles. The Morgan fingerprint density at radius 2 is 2.26 bits per heavy atom. The van der Waals surface area contributed by atoms with Gasteiger partial charge in [0.25, 0.3) is 5.91 Å². The van der Waals surface area contributed by atoms with E-state index < -0.39 is 0 Å². The minimum atomic E-state index is -0.112. The number of nitrogens with zero attached hydrogens (tertiary/aromatic N) is 1. The van der Waals surface area contributed by atoms with Gasteiger partial charge in [0.15, 0.2) is 0 Å². The van der Waals surface area contributed by atoms with E-state index >= 15 is 0 Å². The number of phenols is 1. The summed E-state index contributed by atoms with van der Waals surface area (Å²) in [5, 5.41) is 9.90. The molecule has 0 saturated carbocycles. The van der Waals surface area contributed by atoms with Gasteiger partial charge in [-0.05, 0) is 67.0 Å². The second-order valence-electron chi connectivity index (χ2n) is 5.04. The molecule has 4 nitrogen and oxygen atoms in total. The van der Waals surface area contributed by atoms with Gasteiger partial charge in [0.05, 0.1) is 5.56 Å². The highest BCUT2D eigenvalue weighted by atomic mass is 127. The summed E-state index contributed by atoms with van der Waals surface area (Å²) in [7, 11) is 0. The molecule has 104 valence electrons. The van der Waals surface area contributed by atoms with Gasteiger partial charge in [0, 0.05) is 22.2 Å². The lowest BCUT2D eigenvalue weighted by molar-refractivity contribution is 0.0491. The van der Waals surface area contributed by atoms with Gasteiger partial charge in [0.1, 0.15) is 5.75 Å². The van der Waals surface area contributed by atoms with Crippen LogP contribution in [0, 0.1) is 3.57 Å². The van der Waals surface area contributed by atoms with Crippen LogP contribution in [0.3, 0.4) is 0 Å². The number of amides is 1. The number of hydrogen-bond donors (Lipinski definition) is 2. The number of nitrogens with two attached hydrogens (primary N) is 1. The first-order chi connectivity index (χ1) is 9.04. The van der Waals surface area contributed by atoms with Crippen molar-refractivity contribution >= 4 is 28.5 Å². The highest BCUT2D eigenvalue weighted by Gasteiger charge is 2.32. The number of hydrogen-bond acceptors (Lipinski definition) is 3. The van der Waals surface area contributed by atoms with Crippen LogP contribution in [-0.2, 0) is 0 Å². The van der Waals surface area contributed by atoms with Crippen molar-refractivity contribution in [2.75, 3.05) is 6.54 Å². The zero-order valence-electron chi connectivity index (χ0n) is 11.0. The number of phenolic OH excluding ortho intramolecular Hbond substituents is 1.